The molecule has 1 unspecified atom stereocenters. The summed E-state index contributed by atoms with van der Waals surface area (Å²) in [5, 5.41) is 10.3. The van der Waals surface area contributed by atoms with E-state index in [2.05, 4.69) is 15.5 Å². The molecule has 10 heteroatoms. The van der Waals surface area contributed by atoms with Gasteiger partial charge in [-0.15, -0.1) is 5.10 Å². The summed E-state index contributed by atoms with van der Waals surface area (Å²) >= 11 is 0. The number of likely N-dealkylation sites (tertiary alicyclic amines) is 1. The molecule has 0 bridgehead atoms. The number of nitrogens with zero attached hydrogens (tertiary/aromatic N) is 3. The molecule has 0 saturated carbocycles. The maximum Gasteiger partial charge on any atom is 0.419 e. The van der Waals surface area contributed by atoms with Gasteiger partial charge >= 0.3 is 18.2 Å². The van der Waals surface area contributed by atoms with Crippen LogP contribution in [0, 0.1) is 11.7 Å². The molecule has 1 aliphatic rings. The van der Waals surface area contributed by atoms with Gasteiger partial charge in [0.2, 0.25) is 5.89 Å². The SMILES string of the molecule is CC1CN(C(=O)Nc2nnc(-c3ccccc3)o2)CC/C1=C\c1cccc(C(F)(F)F)c1F. The van der Waals surface area contributed by atoms with Crippen molar-refractivity contribution >= 4 is 18.1 Å². The molecular formula is C23H20F4N4O2. The Balaban J connectivity index is 1.42. The van der Waals surface area contributed by atoms with Crippen LogP contribution in [0.4, 0.5) is 28.4 Å². The van der Waals surface area contributed by atoms with Crippen LogP contribution in [0.3, 0.4) is 0 Å². The summed E-state index contributed by atoms with van der Waals surface area (Å²) in [6.07, 6.45) is -2.93. The zero-order valence-corrected chi connectivity index (χ0v) is 17.6. The van der Waals surface area contributed by atoms with Gasteiger partial charge in [-0.2, -0.15) is 13.2 Å². The zero-order chi connectivity index (χ0) is 23.6. The number of urea groups is 1. The lowest BCUT2D eigenvalue weighted by molar-refractivity contribution is -0.140. The fourth-order valence-electron chi connectivity index (χ4n) is 3.67. The molecule has 2 heterocycles. The number of hydrogen-bond acceptors (Lipinski definition) is 4. The van der Waals surface area contributed by atoms with Crippen molar-refractivity contribution in [3.63, 3.8) is 0 Å². The van der Waals surface area contributed by atoms with Crippen LogP contribution in [0.1, 0.15) is 24.5 Å². The topological polar surface area (TPSA) is 71.3 Å². The molecule has 3 aromatic rings. The summed E-state index contributed by atoms with van der Waals surface area (Å²) < 4.78 is 58.8. The number of alkyl halides is 3. The summed E-state index contributed by atoms with van der Waals surface area (Å²) in [6, 6.07) is 11.8. The van der Waals surface area contributed by atoms with Gasteiger partial charge in [-0.1, -0.05) is 54.0 Å². The Morgan fingerprint density at radius 1 is 1.15 bits per heavy atom. The van der Waals surface area contributed by atoms with Crippen molar-refractivity contribution in [2.45, 2.75) is 19.5 Å². The number of nitrogens with one attached hydrogen (secondary N) is 1. The van der Waals surface area contributed by atoms with E-state index in [0.29, 0.717) is 31.1 Å². The number of hydrogen-bond donors (Lipinski definition) is 1. The number of carbonyl (C=O) groups excluding carboxylic acids is 1. The molecule has 172 valence electrons. The van der Waals surface area contributed by atoms with Gasteiger partial charge in [0, 0.05) is 24.2 Å². The molecule has 1 fully saturated rings. The average molecular weight is 460 g/mol. The van der Waals surface area contributed by atoms with Gasteiger partial charge in [0.1, 0.15) is 5.82 Å². The van der Waals surface area contributed by atoms with Crippen LogP contribution in [-0.4, -0.2) is 34.2 Å². The van der Waals surface area contributed by atoms with Crippen LogP contribution in [-0.2, 0) is 6.18 Å². The fraction of sp³-hybridized carbons (Fsp3) is 0.261. The molecule has 2 amide bonds. The van der Waals surface area contributed by atoms with Crippen molar-refractivity contribution in [2.75, 3.05) is 18.4 Å². The van der Waals surface area contributed by atoms with E-state index in [-0.39, 0.29) is 23.4 Å². The zero-order valence-electron chi connectivity index (χ0n) is 17.6. The number of anilines is 1. The van der Waals surface area contributed by atoms with E-state index in [0.717, 1.165) is 5.57 Å². The summed E-state index contributed by atoms with van der Waals surface area (Å²) in [5.41, 5.74) is 0.0646. The summed E-state index contributed by atoms with van der Waals surface area (Å²) in [5.74, 6) is -1.21. The highest BCUT2D eigenvalue weighted by molar-refractivity contribution is 5.87. The van der Waals surface area contributed by atoms with Crippen LogP contribution in [0.5, 0.6) is 0 Å². The van der Waals surface area contributed by atoms with Gasteiger partial charge < -0.3 is 9.32 Å². The van der Waals surface area contributed by atoms with Crippen LogP contribution in [0.25, 0.3) is 17.5 Å². The molecule has 0 radical (unpaired) electrons. The van der Waals surface area contributed by atoms with E-state index in [1.165, 1.54) is 23.1 Å². The first-order valence-electron chi connectivity index (χ1n) is 10.2. The van der Waals surface area contributed by atoms with Crippen LogP contribution >= 0.6 is 0 Å². The Morgan fingerprint density at radius 2 is 1.91 bits per heavy atom. The Kier molecular flexibility index (Phi) is 6.17. The normalized spacial score (nSPS) is 17.9. The molecule has 1 N–H and O–H groups in total. The maximum absolute atomic E-state index is 14.4. The number of aromatic nitrogens is 2. The van der Waals surface area contributed by atoms with Crippen molar-refractivity contribution in [1.82, 2.24) is 15.1 Å². The quantitative estimate of drug-likeness (QED) is 0.498. The van der Waals surface area contributed by atoms with E-state index < -0.39 is 23.6 Å². The van der Waals surface area contributed by atoms with Crippen LogP contribution in [0.2, 0.25) is 0 Å². The second kappa shape index (κ2) is 9.05. The van der Waals surface area contributed by atoms with E-state index >= 15 is 0 Å². The Hall–Kier alpha value is -3.69. The number of benzene rings is 2. The van der Waals surface area contributed by atoms with Crippen LogP contribution in [0.15, 0.2) is 58.5 Å². The summed E-state index contributed by atoms with van der Waals surface area (Å²) in [7, 11) is 0. The van der Waals surface area contributed by atoms with Gasteiger partial charge in [0.15, 0.2) is 0 Å². The Bertz CT molecular complexity index is 1170. The molecule has 2 aromatic carbocycles. The molecule has 6 nitrogen and oxygen atoms in total. The van der Waals surface area contributed by atoms with Crippen molar-refractivity contribution in [2.24, 2.45) is 5.92 Å². The first-order valence-corrected chi connectivity index (χ1v) is 10.2. The molecule has 1 aliphatic heterocycles. The smallest absolute Gasteiger partial charge is 0.403 e. The third-order valence-electron chi connectivity index (χ3n) is 5.42. The van der Waals surface area contributed by atoms with Gasteiger partial charge in [-0.3, -0.25) is 5.32 Å². The lowest BCUT2D eigenvalue weighted by Crippen LogP contribution is -2.42. The van der Waals surface area contributed by atoms with Gasteiger partial charge in [0.25, 0.3) is 0 Å². The fourth-order valence-corrected chi connectivity index (χ4v) is 3.67. The highest BCUT2D eigenvalue weighted by Crippen LogP contribution is 2.34. The summed E-state index contributed by atoms with van der Waals surface area (Å²) in [4.78, 5) is 14.2. The summed E-state index contributed by atoms with van der Waals surface area (Å²) in [6.45, 7) is 2.44. The standard InChI is InChI=1S/C23H20F4N4O2/c1-14-13-31(22(32)28-21-30-29-20(33-21)15-6-3-2-4-7-15)11-10-16(14)12-17-8-5-9-18(19(17)24)23(25,26)27/h2-9,12,14H,10-11,13H2,1H3,(H,28,30,32)/b16-12+. The largest absolute Gasteiger partial charge is 0.419 e. The van der Waals surface area contributed by atoms with Crippen LogP contribution < -0.4 is 5.32 Å². The second-order valence-corrected chi connectivity index (χ2v) is 7.73. The first-order chi connectivity index (χ1) is 15.7. The third kappa shape index (κ3) is 5.05. The highest BCUT2D eigenvalue weighted by atomic mass is 19.4. The minimum absolute atomic E-state index is 0.0427. The number of rotatable bonds is 3. The van der Waals surface area contributed by atoms with Crippen molar-refractivity contribution in [3.8, 4) is 11.5 Å². The Labute approximate surface area is 186 Å². The van der Waals surface area contributed by atoms with Crippen molar-refractivity contribution in [3.05, 3.63) is 71.0 Å². The lowest BCUT2D eigenvalue weighted by Gasteiger charge is -2.32. The number of halogens is 4. The molecule has 1 aromatic heterocycles. The minimum Gasteiger partial charge on any atom is -0.403 e. The van der Waals surface area contributed by atoms with E-state index in [1.54, 1.807) is 12.1 Å². The molecule has 33 heavy (non-hydrogen) atoms. The number of amides is 2. The minimum atomic E-state index is -4.76. The molecular weight excluding hydrogens is 440 g/mol. The highest BCUT2D eigenvalue weighted by Gasteiger charge is 2.35. The number of piperidine rings is 1. The monoisotopic (exact) mass is 460 g/mol. The second-order valence-electron chi connectivity index (χ2n) is 7.73. The molecule has 0 spiro atoms. The molecule has 1 atom stereocenters. The lowest BCUT2D eigenvalue weighted by atomic mass is 9.91. The van der Waals surface area contributed by atoms with E-state index in [1.807, 2.05) is 25.1 Å². The Morgan fingerprint density at radius 3 is 2.61 bits per heavy atom. The van der Waals surface area contributed by atoms with Gasteiger partial charge in [-0.25, -0.2) is 9.18 Å². The maximum atomic E-state index is 14.4. The molecule has 1 saturated heterocycles. The predicted molar refractivity (Wildman–Crippen MR) is 113 cm³/mol. The average Bonchev–Trinajstić information content (AvgIpc) is 3.24. The molecule has 0 aliphatic carbocycles. The van der Waals surface area contributed by atoms with Crippen molar-refractivity contribution in [1.29, 1.82) is 0 Å². The first kappa shape index (κ1) is 22.5. The van der Waals surface area contributed by atoms with E-state index in [9.17, 15) is 22.4 Å². The van der Waals surface area contributed by atoms with E-state index in [4.69, 9.17) is 4.42 Å². The third-order valence-corrected chi connectivity index (χ3v) is 5.42. The van der Waals surface area contributed by atoms with Gasteiger partial charge in [0.05, 0.1) is 5.56 Å². The predicted octanol–water partition coefficient (Wildman–Crippen LogP) is 5.85. The number of carbonyl (C=O) groups is 1. The molecule has 4 rings (SSSR count). The van der Waals surface area contributed by atoms with Crippen molar-refractivity contribution < 1.29 is 26.8 Å². The van der Waals surface area contributed by atoms with Gasteiger partial charge in [-0.05, 0) is 30.5 Å².